The van der Waals surface area contributed by atoms with Gasteiger partial charge in [0.05, 0.1) is 0 Å². The van der Waals surface area contributed by atoms with Crippen LogP contribution in [0.4, 0.5) is 0 Å². The van der Waals surface area contributed by atoms with E-state index >= 15 is 0 Å². The molecule has 1 heteroatoms. The number of hydrogen-bond donors (Lipinski definition) is 1. The number of phenols is 1. The summed E-state index contributed by atoms with van der Waals surface area (Å²) in [5.41, 5.74) is 1.71. The minimum Gasteiger partial charge on any atom is -0.507 e. The molecule has 0 unspecified atom stereocenters. The maximum absolute atomic E-state index is 9.22. The summed E-state index contributed by atoms with van der Waals surface area (Å²) in [6.07, 6.45) is 0. The van der Waals surface area contributed by atoms with E-state index in [2.05, 4.69) is 6.58 Å². The molecule has 0 atom stereocenters. The van der Waals surface area contributed by atoms with Crippen molar-refractivity contribution in [2.24, 2.45) is 0 Å². The van der Waals surface area contributed by atoms with E-state index in [-0.39, 0.29) is 0 Å². The Kier molecular flexibility index (Phi) is 1.76. The quantitative estimate of drug-likeness (QED) is 0.625. The summed E-state index contributed by atoms with van der Waals surface area (Å²) in [6.45, 7) is 5.60. The van der Waals surface area contributed by atoms with Crippen LogP contribution in [0.2, 0.25) is 0 Å². The first-order valence-corrected chi connectivity index (χ1v) is 3.15. The molecule has 1 rings (SSSR count). The van der Waals surface area contributed by atoms with Gasteiger partial charge in [0.15, 0.2) is 0 Å². The fourth-order valence-electron chi connectivity index (χ4n) is 0.835. The highest BCUT2D eigenvalue weighted by atomic mass is 16.3. The minimum absolute atomic E-state index is 0.301. The standard InChI is InChI=1S/C9H10O/c1-7(2)8-5-3-4-6-9(8)10/h3-6,10H,1H2,2H3. The molecular formula is C9H10O. The van der Waals surface area contributed by atoms with Crippen molar-refractivity contribution in [2.75, 3.05) is 0 Å². The van der Waals surface area contributed by atoms with E-state index < -0.39 is 0 Å². The summed E-state index contributed by atoms with van der Waals surface area (Å²) in [5, 5.41) is 9.22. The maximum Gasteiger partial charge on any atom is 0.123 e. The first-order valence-electron chi connectivity index (χ1n) is 3.15. The largest absolute Gasteiger partial charge is 0.507 e. The van der Waals surface area contributed by atoms with Crippen LogP contribution in [-0.4, -0.2) is 5.11 Å². The average Bonchev–Trinajstić information content (AvgIpc) is 1.88. The van der Waals surface area contributed by atoms with Crippen LogP contribution in [0.5, 0.6) is 5.75 Å². The molecule has 52 valence electrons. The third-order valence-electron chi connectivity index (χ3n) is 1.36. The third kappa shape index (κ3) is 1.18. The molecule has 1 aromatic rings. The number of aromatic hydroxyl groups is 1. The van der Waals surface area contributed by atoms with Crippen molar-refractivity contribution in [3.05, 3.63) is 36.4 Å². The molecule has 0 heterocycles. The highest BCUT2D eigenvalue weighted by Gasteiger charge is 1.96. The molecule has 1 N–H and O–H groups in total. The number of rotatable bonds is 1. The Morgan fingerprint density at radius 2 is 2.00 bits per heavy atom. The molecule has 0 aliphatic carbocycles. The Bertz CT molecular complexity index is 251. The van der Waals surface area contributed by atoms with Crippen LogP contribution in [0, 0.1) is 0 Å². The monoisotopic (exact) mass is 134 g/mol. The molecule has 0 radical (unpaired) electrons. The molecular weight excluding hydrogens is 124 g/mol. The predicted molar refractivity (Wildman–Crippen MR) is 42.8 cm³/mol. The zero-order chi connectivity index (χ0) is 7.56. The van der Waals surface area contributed by atoms with Gasteiger partial charge in [0, 0.05) is 5.56 Å². The molecule has 0 fully saturated rings. The first-order chi connectivity index (χ1) is 4.72. The van der Waals surface area contributed by atoms with Gasteiger partial charge < -0.3 is 5.11 Å². The summed E-state index contributed by atoms with van der Waals surface area (Å²) in [4.78, 5) is 0. The average molecular weight is 134 g/mol. The lowest BCUT2D eigenvalue weighted by atomic mass is 10.1. The zero-order valence-electron chi connectivity index (χ0n) is 5.96. The topological polar surface area (TPSA) is 20.2 Å². The van der Waals surface area contributed by atoms with Gasteiger partial charge in [-0.25, -0.2) is 0 Å². The lowest BCUT2D eigenvalue weighted by molar-refractivity contribution is 0.473. The van der Waals surface area contributed by atoms with Crippen LogP contribution in [-0.2, 0) is 0 Å². The lowest BCUT2D eigenvalue weighted by Gasteiger charge is -2.00. The second-order valence-electron chi connectivity index (χ2n) is 2.30. The molecule has 1 aromatic carbocycles. The van der Waals surface area contributed by atoms with Gasteiger partial charge >= 0.3 is 0 Å². The fourth-order valence-corrected chi connectivity index (χ4v) is 0.835. The van der Waals surface area contributed by atoms with Crippen molar-refractivity contribution in [2.45, 2.75) is 6.92 Å². The van der Waals surface area contributed by atoms with Gasteiger partial charge in [-0.3, -0.25) is 0 Å². The van der Waals surface area contributed by atoms with Crippen LogP contribution < -0.4 is 0 Å². The lowest BCUT2D eigenvalue weighted by Crippen LogP contribution is -1.76. The molecule has 1 nitrogen and oxygen atoms in total. The van der Waals surface area contributed by atoms with E-state index in [0.29, 0.717) is 5.75 Å². The van der Waals surface area contributed by atoms with E-state index in [9.17, 15) is 5.11 Å². The van der Waals surface area contributed by atoms with Crippen LogP contribution >= 0.6 is 0 Å². The van der Waals surface area contributed by atoms with Crippen LogP contribution in [0.3, 0.4) is 0 Å². The van der Waals surface area contributed by atoms with Gasteiger partial charge in [0.2, 0.25) is 0 Å². The number of hydrogen-bond acceptors (Lipinski definition) is 1. The molecule has 10 heavy (non-hydrogen) atoms. The van der Waals surface area contributed by atoms with Gasteiger partial charge in [0.1, 0.15) is 5.75 Å². The zero-order valence-corrected chi connectivity index (χ0v) is 5.96. The van der Waals surface area contributed by atoms with Gasteiger partial charge in [-0.05, 0) is 18.6 Å². The second kappa shape index (κ2) is 2.56. The Labute approximate surface area is 60.6 Å². The van der Waals surface area contributed by atoms with Gasteiger partial charge in [0.25, 0.3) is 0 Å². The number of para-hydroxylation sites is 1. The molecule has 0 saturated carbocycles. The SMILES string of the molecule is C=C(C)c1ccccc1O. The number of benzene rings is 1. The van der Waals surface area contributed by atoms with Crippen LogP contribution in [0.15, 0.2) is 30.8 Å². The van der Waals surface area contributed by atoms with Crippen molar-refractivity contribution in [1.82, 2.24) is 0 Å². The summed E-state index contributed by atoms with van der Waals surface area (Å²) in [6, 6.07) is 7.17. The number of allylic oxidation sites excluding steroid dienone is 1. The summed E-state index contributed by atoms with van der Waals surface area (Å²) in [5.74, 6) is 0.301. The predicted octanol–water partition coefficient (Wildman–Crippen LogP) is 2.43. The summed E-state index contributed by atoms with van der Waals surface area (Å²) >= 11 is 0. The number of phenolic OH excluding ortho intramolecular Hbond substituents is 1. The van der Waals surface area contributed by atoms with Gasteiger partial charge in [-0.2, -0.15) is 0 Å². The Morgan fingerprint density at radius 1 is 1.40 bits per heavy atom. The highest BCUT2D eigenvalue weighted by molar-refractivity contribution is 5.66. The molecule has 0 bridgehead atoms. The Hall–Kier alpha value is -1.24. The molecule has 0 aromatic heterocycles. The van der Waals surface area contributed by atoms with E-state index in [1.807, 2.05) is 19.1 Å². The van der Waals surface area contributed by atoms with Crippen LogP contribution in [0.1, 0.15) is 12.5 Å². The second-order valence-corrected chi connectivity index (χ2v) is 2.30. The Balaban J connectivity index is 3.15. The minimum atomic E-state index is 0.301. The summed E-state index contributed by atoms with van der Waals surface area (Å²) < 4.78 is 0. The van der Waals surface area contributed by atoms with E-state index in [1.54, 1.807) is 12.1 Å². The molecule has 0 aliphatic rings. The first kappa shape index (κ1) is 6.87. The van der Waals surface area contributed by atoms with E-state index in [1.165, 1.54) is 0 Å². The van der Waals surface area contributed by atoms with Crippen molar-refractivity contribution in [1.29, 1.82) is 0 Å². The third-order valence-corrected chi connectivity index (χ3v) is 1.36. The van der Waals surface area contributed by atoms with Crippen molar-refractivity contribution in [3.63, 3.8) is 0 Å². The molecule has 0 spiro atoms. The fraction of sp³-hybridized carbons (Fsp3) is 0.111. The van der Waals surface area contributed by atoms with Crippen molar-refractivity contribution >= 4 is 5.57 Å². The highest BCUT2D eigenvalue weighted by Crippen LogP contribution is 2.21. The molecule has 0 aliphatic heterocycles. The molecule has 0 saturated heterocycles. The molecule has 0 amide bonds. The van der Waals surface area contributed by atoms with Crippen LogP contribution in [0.25, 0.3) is 5.57 Å². The smallest absolute Gasteiger partial charge is 0.123 e. The van der Waals surface area contributed by atoms with Crippen molar-refractivity contribution < 1.29 is 5.11 Å². The van der Waals surface area contributed by atoms with Gasteiger partial charge in [-0.15, -0.1) is 0 Å². The van der Waals surface area contributed by atoms with E-state index in [0.717, 1.165) is 11.1 Å². The van der Waals surface area contributed by atoms with E-state index in [4.69, 9.17) is 0 Å². The Morgan fingerprint density at radius 3 is 2.40 bits per heavy atom. The van der Waals surface area contributed by atoms with Gasteiger partial charge in [-0.1, -0.05) is 24.8 Å². The maximum atomic E-state index is 9.22. The summed E-state index contributed by atoms with van der Waals surface area (Å²) in [7, 11) is 0. The van der Waals surface area contributed by atoms with Crippen molar-refractivity contribution in [3.8, 4) is 5.75 Å². The normalized spacial score (nSPS) is 9.30.